The molecule has 8 heteroatoms. The van der Waals surface area contributed by atoms with Crippen molar-refractivity contribution in [1.82, 2.24) is 19.0 Å². The maximum absolute atomic E-state index is 12.8. The number of amides is 1. The smallest absolute Gasteiger partial charge is 0.266 e. The van der Waals surface area contributed by atoms with Crippen LogP contribution in [0.15, 0.2) is 41.5 Å². The number of carbonyl (C=O) groups excluding carboxylic acids is 1. The zero-order chi connectivity index (χ0) is 19.1. The molecule has 0 spiro atoms. The second-order valence-corrected chi connectivity index (χ2v) is 7.66. The number of rotatable bonds is 4. The third kappa shape index (κ3) is 3.28. The summed E-state index contributed by atoms with van der Waals surface area (Å²) in [4.78, 5) is 31.5. The second-order valence-electron chi connectivity index (χ2n) is 6.68. The lowest BCUT2D eigenvalue weighted by Gasteiger charge is -2.38. The van der Waals surface area contributed by atoms with E-state index in [1.54, 1.807) is 16.5 Å². The molecular formula is C19H20N4O3S. The first kappa shape index (κ1) is 17.5. The number of likely N-dealkylation sites (tertiary alicyclic amines) is 1. The molecular weight excluding hydrogens is 364 g/mol. The number of aryl methyl sites for hydroxylation is 2. The van der Waals surface area contributed by atoms with Crippen LogP contribution in [0.25, 0.3) is 5.13 Å². The Morgan fingerprint density at radius 2 is 1.93 bits per heavy atom. The maximum atomic E-state index is 12.8. The summed E-state index contributed by atoms with van der Waals surface area (Å²) in [6.45, 7) is 4.72. The van der Waals surface area contributed by atoms with E-state index in [-0.39, 0.29) is 17.6 Å². The Morgan fingerprint density at radius 1 is 1.22 bits per heavy atom. The van der Waals surface area contributed by atoms with Gasteiger partial charge in [-0.2, -0.15) is 0 Å². The molecule has 0 aromatic carbocycles. The van der Waals surface area contributed by atoms with Crippen LogP contribution >= 0.6 is 11.3 Å². The summed E-state index contributed by atoms with van der Waals surface area (Å²) in [5.74, 6) is 0.528. The average Bonchev–Trinajstić information content (AvgIpc) is 3.24. The number of ether oxygens (including phenoxy) is 1. The van der Waals surface area contributed by atoms with E-state index in [9.17, 15) is 9.59 Å². The van der Waals surface area contributed by atoms with Gasteiger partial charge in [-0.3, -0.25) is 9.59 Å². The molecule has 0 atom stereocenters. The molecule has 140 valence electrons. The summed E-state index contributed by atoms with van der Waals surface area (Å²) >= 11 is 1.39. The van der Waals surface area contributed by atoms with Crippen molar-refractivity contribution in [3.8, 4) is 10.9 Å². The van der Waals surface area contributed by atoms with Crippen LogP contribution in [0, 0.1) is 13.8 Å². The van der Waals surface area contributed by atoms with E-state index in [0.29, 0.717) is 23.7 Å². The number of pyridine rings is 1. The predicted molar refractivity (Wildman–Crippen MR) is 103 cm³/mol. The molecule has 1 aliphatic heterocycles. The Hall–Kier alpha value is -2.87. The maximum Gasteiger partial charge on any atom is 0.266 e. The molecule has 0 bridgehead atoms. The molecule has 3 aromatic rings. The molecule has 1 amide bonds. The van der Waals surface area contributed by atoms with Gasteiger partial charge in [0.2, 0.25) is 0 Å². The Balaban J connectivity index is 1.41. The summed E-state index contributed by atoms with van der Waals surface area (Å²) in [7, 11) is 1.73. The van der Waals surface area contributed by atoms with Gasteiger partial charge >= 0.3 is 0 Å². The quantitative estimate of drug-likeness (QED) is 0.691. The van der Waals surface area contributed by atoms with Crippen molar-refractivity contribution in [2.75, 3.05) is 13.1 Å². The minimum Gasteiger partial charge on any atom is -0.486 e. The lowest BCUT2D eigenvalue weighted by Crippen LogP contribution is -2.56. The predicted octanol–water partition coefficient (Wildman–Crippen LogP) is 2.15. The Bertz CT molecular complexity index is 1050. The Kier molecular flexibility index (Phi) is 4.35. The SMILES string of the molecule is Cc1nc(-n2cccc2)sc1C(=O)N1CC(Oc2cc(C)n(C)c(=O)c2)C1. The number of aromatic nitrogens is 3. The highest BCUT2D eigenvalue weighted by Crippen LogP contribution is 2.26. The number of nitrogens with zero attached hydrogens (tertiary/aromatic N) is 4. The first-order chi connectivity index (χ1) is 12.9. The standard InChI is InChI=1S/C19H20N4O3S/c1-12-8-14(9-16(24)21(12)3)26-15-10-23(11-15)18(25)17-13(2)20-19(27-17)22-6-4-5-7-22/h4-9,15H,10-11H2,1-3H3. The van der Waals surface area contributed by atoms with E-state index in [1.165, 1.54) is 17.4 Å². The van der Waals surface area contributed by atoms with Gasteiger partial charge in [0.15, 0.2) is 5.13 Å². The van der Waals surface area contributed by atoms with Crippen molar-refractivity contribution in [3.05, 3.63) is 63.3 Å². The van der Waals surface area contributed by atoms with Gasteiger partial charge in [-0.25, -0.2) is 4.98 Å². The fourth-order valence-corrected chi connectivity index (χ4v) is 3.97. The summed E-state index contributed by atoms with van der Waals surface area (Å²) in [5.41, 5.74) is 1.47. The van der Waals surface area contributed by atoms with Crippen LogP contribution in [0.4, 0.5) is 0 Å². The third-order valence-corrected chi connectivity index (χ3v) is 5.88. The Labute approximate surface area is 160 Å². The van der Waals surface area contributed by atoms with Crippen LogP contribution < -0.4 is 10.3 Å². The van der Waals surface area contributed by atoms with Gasteiger partial charge in [0, 0.05) is 31.2 Å². The molecule has 0 aliphatic carbocycles. The van der Waals surface area contributed by atoms with E-state index < -0.39 is 0 Å². The summed E-state index contributed by atoms with van der Waals surface area (Å²) in [5, 5.41) is 0.782. The molecule has 1 saturated heterocycles. The first-order valence-corrected chi connectivity index (χ1v) is 9.48. The zero-order valence-electron chi connectivity index (χ0n) is 15.4. The summed E-state index contributed by atoms with van der Waals surface area (Å²) in [6.07, 6.45) is 3.72. The molecule has 27 heavy (non-hydrogen) atoms. The minimum atomic E-state index is -0.102. The summed E-state index contributed by atoms with van der Waals surface area (Å²) in [6, 6.07) is 7.17. The number of hydrogen-bond acceptors (Lipinski definition) is 5. The van der Waals surface area contributed by atoms with Gasteiger partial charge < -0.3 is 18.8 Å². The highest BCUT2D eigenvalue weighted by Gasteiger charge is 2.34. The molecule has 4 rings (SSSR count). The van der Waals surface area contributed by atoms with Crippen molar-refractivity contribution >= 4 is 17.2 Å². The van der Waals surface area contributed by atoms with Gasteiger partial charge in [0.25, 0.3) is 11.5 Å². The van der Waals surface area contributed by atoms with Gasteiger partial charge in [-0.15, -0.1) is 0 Å². The van der Waals surface area contributed by atoms with Crippen LogP contribution in [0.3, 0.4) is 0 Å². The average molecular weight is 384 g/mol. The lowest BCUT2D eigenvalue weighted by atomic mass is 10.1. The normalized spacial score (nSPS) is 14.3. The van der Waals surface area contributed by atoms with E-state index in [1.807, 2.05) is 49.0 Å². The topological polar surface area (TPSA) is 69.4 Å². The largest absolute Gasteiger partial charge is 0.486 e. The molecule has 1 aliphatic rings. The van der Waals surface area contributed by atoms with Crippen LogP contribution in [0.1, 0.15) is 21.1 Å². The first-order valence-electron chi connectivity index (χ1n) is 8.67. The zero-order valence-corrected chi connectivity index (χ0v) is 16.2. The molecule has 7 nitrogen and oxygen atoms in total. The van der Waals surface area contributed by atoms with E-state index in [4.69, 9.17) is 4.74 Å². The van der Waals surface area contributed by atoms with E-state index in [0.717, 1.165) is 16.5 Å². The number of hydrogen-bond donors (Lipinski definition) is 0. The summed E-state index contributed by atoms with van der Waals surface area (Å²) < 4.78 is 9.32. The van der Waals surface area contributed by atoms with Crippen molar-refractivity contribution < 1.29 is 9.53 Å². The molecule has 0 saturated carbocycles. The molecule has 3 aromatic heterocycles. The highest BCUT2D eigenvalue weighted by molar-refractivity contribution is 7.16. The minimum absolute atomic E-state index is 0.0246. The van der Waals surface area contributed by atoms with E-state index >= 15 is 0 Å². The fourth-order valence-electron chi connectivity index (χ4n) is 2.97. The van der Waals surface area contributed by atoms with Crippen molar-refractivity contribution in [2.45, 2.75) is 20.0 Å². The van der Waals surface area contributed by atoms with E-state index in [2.05, 4.69) is 4.98 Å². The second kappa shape index (κ2) is 6.70. The molecule has 1 fully saturated rings. The van der Waals surface area contributed by atoms with Crippen LogP contribution in [-0.4, -0.2) is 44.1 Å². The number of carbonyl (C=O) groups is 1. The Morgan fingerprint density at radius 3 is 2.59 bits per heavy atom. The van der Waals surface area contributed by atoms with Crippen molar-refractivity contribution in [1.29, 1.82) is 0 Å². The monoisotopic (exact) mass is 384 g/mol. The van der Waals surface area contributed by atoms with Gasteiger partial charge in [-0.05, 0) is 32.0 Å². The van der Waals surface area contributed by atoms with Gasteiger partial charge in [0.05, 0.1) is 18.8 Å². The molecule has 0 N–H and O–H groups in total. The van der Waals surface area contributed by atoms with Crippen LogP contribution in [0.5, 0.6) is 5.75 Å². The molecule has 4 heterocycles. The fraction of sp³-hybridized carbons (Fsp3) is 0.316. The van der Waals surface area contributed by atoms with Gasteiger partial charge in [-0.1, -0.05) is 11.3 Å². The van der Waals surface area contributed by atoms with Gasteiger partial charge in [0.1, 0.15) is 16.7 Å². The number of thiazole rings is 1. The lowest BCUT2D eigenvalue weighted by molar-refractivity contribution is 0.0179. The van der Waals surface area contributed by atoms with Crippen LogP contribution in [0.2, 0.25) is 0 Å². The third-order valence-electron chi connectivity index (χ3n) is 4.72. The molecule has 0 unspecified atom stereocenters. The van der Waals surface area contributed by atoms with Crippen molar-refractivity contribution in [3.63, 3.8) is 0 Å². The molecule has 0 radical (unpaired) electrons. The van der Waals surface area contributed by atoms with Crippen LogP contribution in [-0.2, 0) is 7.05 Å². The van der Waals surface area contributed by atoms with Crippen molar-refractivity contribution in [2.24, 2.45) is 7.05 Å². The highest BCUT2D eigenvalue weighted by atomic mass is 32.1.